The molecule has 108 valence electrons. The van der Waals surface area contributed by atoms with E-state index in [1.165, 1.54) is 12.1 Å². The lowest BCUT2D eigenvalue weighted by atomic mass is 10.0. The summed E-state index contributed by atoms with van der Waals surface area (Å²) >= 11 is 3.07. The van der Waals surface area contributed by atoms with Crippen LogP contribution in [0.25, 0.3) is 0 Å². The quantitative estimate of drug-likeness (QED) is 0.788. The first-order valence-electron chi connectivity index (χ1n) is 6.48. The second-order valence-corrected chi connectivity index (χ2v) is 5.51. The van der Waals surface area contributed by atoms with E-state index in [1.807, 2.05) is 6.07 Å². The van der Waals surface area contributed by atoms with Crippen LogP contribution in [-0.4, -0.2) is 19.0 Å². The molecular formula is C16H12BrFO3. The molecule has 0 atom stereocenters. The smallest absolute Gasteiger partial charge is 0.193 e. The average Bonchev–Trinajstić information content (AvgIpc) is 3.04. The second kappa shape index (κ2) is 6.05. The van der Waals surface area contributed by atoms with Gasteiger partial charge in [-0.1, -0.05) is 18.2 Å². The van der Waals surface area contributed by atoms with Gasteiger partial charge < -0.3 is 9.47 Å². The molecule has 5 heteroatoms. The van der Waals surface area contributed by atoms with Crippen LogP contribution in [0.5, 0.6) is 0 Å². The molecule has 0 aliphatic carbocycles. The van der Waals surface area contributed by atoms with Gasteiger partial charge >= 0.3 is 0 Å². The minimum Gasteiger partial charge on any atom is -0.346 e. The Morgan fingerprint density at radius 1 is 1.10 bits per heavy atom. The number of benzene rings is 2. The fraction of sp³-hybridized carbons (Fsp3) is 0.188. The first kappa shape index (κ1) is 14.4. The molecule has 0 radical (unpaired) electrons. The van der Waals surface area contributed by atoms with Crippen molar-refractivity contribution in [2.24, 2.45) is 0 Å². The van der Waals surface area contributed by atoms with Crippen LogP contribution in [0.4, 0.5) is 4.39 Å². The minimum atomic E-state index is -0.459. The van der Waals surface area contributed by atoms with Crippen molar-refractivity contribution in [3.63, 3.8) is 0 Å². The van der Waals surface area contributed by atoms with E-state index in [9.17, 15) is 9.18 Å². The predicted octanol–water partition coefficient (Wildman–Crippen LogP) is 3.86. The van der Waals surface area contributed by atoms with Crippen molar-refractivity contribution < 1.29 is 18.7 Å². The Kier molecular flexibility index (Phi) is 4.14. The Hall–Kier alpha value is -1.56. The van der Waals surface area contributed by atoms with Gasteiger partial charge in [0.1, 0.15) is 5.82 Å². The fourth-order valence-electron chi connectivity index (χ4n) is 2.18. The molecule has 0 spiro atoms. The van der Waals surface area contributed by atoms with E-state index in [0.29, 0.717) is 28.8 Å². The van der Waals surface area contributed by atoms with E-state index < -0.39 is 12.1 Å². The molecule has 3 rings (SSSR count). The van der Waals surface area contributed by atoms with Crippen LogP contribution in [0.2, 0.25) is 0 Å². The van der Waals surface area contributed by atoms with Crippen LogP contribution >= 0.6 is 15.9 Å². The zero-order chi connectivity index (χ0) is 14.8. The third-order valence-corrected chi connectivity index (χ3v) is 3.87. The third kappa shape index (κ3) is 3.05. The van der Waals surface area contributed by atoms with E-state index in [2.05, 4.69) is 15.9 Å². The summed E-state index contributed by atoms with van der Waals surface area (Å²) in [7, 11) is 0. The maximum atomic E-state index is 13.5. The van der Waals surface area contributed by atoms with E-state index in [1.54, 1.807) is 24.3 Å². The first-order chi connectivity index (χ1) is 10.1. The van der Waals surface area contributed by atoms with Gasteiger partial charge in [-0.15, -0.1) is 0 Å². The van der Waals surface area contributed by atoms with Crippen LogP contribution in [0.15, 0.2) is 46.9 Å². The molecule has 21 heavy (non-hydrogen) atoms. The lowest BCUT2D eigenvalue weighted by Crippen LogP contribution is -2.05. The minimum absolute atomic E-state index is 0.235. The number of carbonyl (C=O) groups excluding carboxylic acids is 1. The number of hydrogen-bond donors (Lipinski definition) is 0. The normalized spacial score (nSPS) is 15.3. The van der Waals surface area contributed by atoms with Crippen LogP contribution in [0.3, 0.4) is 0 Å². The maximum Gasteiger partial charge on any atom is 0.193 e. The number of rotatable bonds is 3. The zero-order valence-corrected chi connectivity index (χ0v) is 12.6. The molecule has 0 bridgehead atoms. The number of hydrogen-bond acceptors (Lipinski definition) is 3. The Morgan fingerprint density at radius 2 is 1.81 bits per heavy atom. The highest BCUT2D eigenvalue weighted by Crippen LogP contribution is 2.25. The average molecular weight is 351 g/mol. The predicted molar refractivity (Wildman–Crippen MR) is 78.6 cm³/mol. The van der Waals surface area contributed by atoms with Gasteiger partial charge in [0.2, 0.25) is 0 Å². The van der Waals surface area contributed by atoms with Crippen LogP contribution in [0, 0.1) is 5.82 Å². The van der Waals surface area contributed by atoms with Crippen LogP contribution in [-0.2, 0) is 9.47 Å². The van der Waals surface area contributed by atoms with Crippen molar-refractivity contribution >= 4 is 21.7 Å². The molecule has 1 heterocycles. The van der Waals surface area contributed by atoms with Gasteiger partial charge in [0, 0.05) is 16.7 Å². The monoisotopic (exact) mass is 350 g/mol. The van der Waals surface area contributed by atoms with Gasteiger partial charge in [-0.2, -0.15) is 0 Å². The van der Waals surface area contributed by atoms with Gasteiger partial charge in [0.25, 0.3) is 0 Å². The Bertz CT molecular complexity index is 681. The standard InChI is InChI=1S/C16H12BrFO3/c17-13-5-4-11(9-14(13)18)15(19)10-2-1-3-12(8-10)16-20-6-7-21-16/h1-5,8-9,16H,6-7H2. The highest BCUT2D eigenvalue weighted by molar-refractivity contribution is 9.10. The van der Waals surface area contributed by atoms with Gasteiger partial charge in [0.05, 0.1) is 17.7 Å². The van der Waals surface area contributed by atoms with E-state index in [-0.39, 0.29) is 5.78 Å². The van der Waals surface area contributed by atoms with Gasteiger partial charge in [0.15, 0.2) is 12.1 Å². The number of carbonyl (C=O) groups is 1. The molecule has 1 saturated heterocycles. The summed E-state index contributed by atoms with van der Waals surface area (Å²) in [4.78, 5) is 12.4. The highest BCUT2D eigenvalue weighted by Gasteiger charge is 2.20. The Morgan fingerprint density at radius 3 is 2.52 bits per heavy atom. The number of ether oxygens (including phenoxy) is 2. The van der Waals surface area contributed by atoms with Crippen LogP contribution < -0.4 is 0 Å². The van der Waals surface area contributed by atoms with E-state index in [0.717, 1.165) is 5.56 Å². The summed E-state index contributed by atoms with van der Waals surface area (Å²) < 4.78 is 24.7. The molecule has 0 N–H and O–H groups in total. The van der Waals surface area contributed by atoms with Crippen molar-refractivity contribution in [1.29, 1.82) is 0 Å². The molecule has 1 aliphatic heterocycles. The Labute approximate surface area is 129 Å². The lowest BCUT2D eigenvalue weighted by Gasteiger charge is -2.10. The molecule has 0 unspecified atom stereocenters. The molecule has 0 aromatic heterocycles. The molecule has 3 nitrogen and oxygen atoms in total. The summed E-state index contributed by atoms with van der Waals surface area (Å²) in [5, 5.41) is 0. The molecular weight excluding hydrogens is 339 g/mol. The van der Waals surface area contributed by atoms with Gasteiger partial charge in [-0.05, 0) is 40.2 Å². The topological polar surface area (TPSA) is 35.5 Å². The lowest BCUT2D eigenvalue weighted by molar-refractivity contribution is -0.0441. The van der Waals surface area contributed by atoms with Crippen molar-refractivity contribution in [1.82, 2.24) is 0 Å². The highest BCUT2D eigenvalue weighted by atomic mass is 79.9. The summed E-state index contributed by atoms with van der Waals surface area (Å²) in [5.41, 5.74) is 1.57. The largest absolute Gasteiger partial charge is 0.346 e. The van der Waals surface area contributed by atoms with E-state index >= 15 is 0 Å². The molecule has 2 aromatic carbocycles. The summed E-state index contributed by atoms with van der Waals surface area (Å²) in [5.74, 6) is -0.694. The van der Waals surface area contributed by atoms with Gasteiger partial charge in [-0.3, -0.25) is 4.79 Å². The van der Waals surface area contributed by atoms with Crippen molar-refractivity contribution in [2.45, 2.75) is 6.29 Å². The van der Waals surface area contributed by atoms with E-state index in [4.69, 9.17) is 9.47 Å². The fourth-order valence-corrected chi connectivity index (χ4v) is 2.43. The summed E-state index contributed by atoms with van der Waals surface area (Å²) in [6, 6.07) is 11.4. The SMILES string of the molecule is O=C(c1cccc(C2OCCO2)c1)c1ccc(Br)c(F)c1. The van der Waals surface area contributed by atoms with Gasteiger partial charge in [-0.25, -0.2) is 4.39 Å². The molecule has 0 saturated carbocycles. The second-order valence-electron chi connectivity index (χ2n) is 4.66. The zero-order valence-electron chi connectivity index (χ0n) is 11.0. The maximum absolute atomic E-state index is 13.5. The Balaban J connectivity index is 1.90. The summed E-state index contributed by atoms with van der Waals surface area (Å²) in [6.45, 7) is 1.08. The van der Waals surface area contributed by atoms with Crippen molar-refractivity contribution in [3.8, 4) is 0 Å². The molecule has 0 amide bonds. The van der Waals surface area contributed by atoms with Crippen LogP contribution in [0.1, 0.15) is 27.8 Å². The van der Waals surface area contributed by atoms with Crippen molar-refractivity contribution in [2.75, 3.05) is 13.2 Å². The number of ketones is 1. The first-order valence-corrected chi connectivity index (χ1v) is 7.27. The number of halogens is 2. The third-order valence-electron chi connectivity index (χ3n) is 3.22. The van der Waals surface area contributed by atoms with Crippen molar-refractivity contribution in [3.05, 3.63) is 69.4 Å². The molecule has 1 fully saturated rings. The summed E-state index contributed by atoms with van der Waals surface area (Å²) in [6.07, 6.45) is -0.431. The molecule has 2 aromatic rings. The molecule has 1 aliphatic rings.